The number of hydrogen-bond acceptors (Lipinski definition) is 2. The molecule has 0 spiro atoms. The molecule has 0 radical (unpaired) electrons. The van der Waals surface area contributed by atoms with Crippen molar-refractivity contribution in [3.05, 3.63) is 35.4 Å². The molecule has 0 unspecified atom stereocenters. The van der Waals surface area contributed by atoms with Gasteiger partial charge in [-0.3, -0.25) is 9.59 Å². The Balaban J connectivity index is 0.00000191. The first-order chi connectivity index (χ1) is 10.0. The highest BCUT2D eigenvalue weighted by Crippen LogP contribution is 2.10. The highest BCUT2D eigenvalue weighted by atomic mass is 16.1. The van der Waals surface area contributed by atoms with E-state index in [2.05, 4.69) is 12.2 Å². The van der Waals surface area contributed by atoms with E-state index in [0.717, 1.165) is 24.0 Å². The molecular formula is C18H29NO2. The van der Waals surface area contributed by atoms with Gasteiger partial charge in [0, 0.05) is 24.4 Å². The summed E-state index contributed by atoms with van der Waals surface area (Å²) in [4.78, 5) is 23.2. The van der Waals surface area contributed by atoms with Crippen molar-refractivity contribution in [2.45, 2.75) is 60.4 Å². The van der Waals surface area contributed by atoms with Gasteiger partial charge in [-0.1, -0.05) is 65.3 Å². The topological polar surface area (TPSA) is 46.2 Å². The maximum atomic E-state index is 11.8. The number of Topliss-reactive ketones (excluding diaryl/α,β-unsaturated/α-hetero) is 1. The van der Waals surface area contributed by atoms with E-state index < -0.39 is 0 Å². The van der Waals surface area contributed by atoms with Crippen LogP contribution in [0.25, 0.3) is 0 Å². The van der Waals surface area contributed by atoms with E-state index in [4.69, 9.17) is 0 Å². The smallest absolute Gasteiger partial charge is 0.220 e. The molecule has 0 bridgehead atoms. The molecule has 1 amide bonds. The summed E-state index contributed by atoms with van der Waals surface area (Å²) < 4.78 is 0. The molecule has 0 fully saturated rings. The van der Waals surface area contributed by atoms with Crippen molar-refractivity contribution in [2.24, 2.45) is 5.92 Å². The number of benzene rings is 1. The van der Waals surface area contributed by atoms with Gasteiger partial charge in [-0.05, 0) is 12.0 Å². The van der Waals surface area contributed by atoms with Gasteiger partial charge in [0.25, 0.3) is 0 Å². The minimum Gasteiger partial charge on any atom is -0.352 e. The number of carbonyl (C=O) groups excluding carboxylic acids is 2. The Labute approximate surface area is 129 Å². The van der Waals surface area contributed by atoms with Crippen LogP contribution in [0.3, 0.4) is 0 Å². The van der Waals surface area contributed by atoms with Crippen LogP contribution in [-0.2, 0) is 11.3 Å². The van der Waals surface area contributed by atoms with Crippen LogP contribution in [0.4, 0.5) is 0 Å². The van der Waals surface area contributed by atoms with Gasteiger partial charge in [0.05, 0.1) is 0 Å². The zero-order chi connectivity index (χ0) is 16.3. The fourth-order valence-electron chi connectivity index (χ4n) is 1.75. The molecule has 0 aliphatic carbocycles. The number of hydrogen-bond donors (Lipinski definition) is 1. The first-order valence-electron chi connectivity index (χ1n) is 7.94. The van der Waals surface area contributed by atoms with E-state index in [9.17, 15) is 9.59 Å². The summed E-state index contributed by atoms with van der Waals surface area (Å²) in [6, 6.07) is 7.46. The molecule has 0 aromatic heterocycles. The number of rotatable bonds is 7. The fraction of sp³-hybridized carbons (Fsp3) is 0.556. The maximum absolute atomic E-state index is 11.8. The van der Waals surface area contributed by atoms with Crippen LogP contribution in [0.5, 0.6) is 0 Å². The van der Waals surface area contributed by atoms with Crippen LogP contribution in [0, 0.1) is 5.92 Å². The molecule has 3 heteroatoms. The second-order valence-electron chi connectivity index (χ2n) is 5.10. The van der Waals surface area contributed by atoms with E-state index in [1.54, 1.807) is 0 Å². The quantitative estimate of drug-likeness (QED) is 0.759. The molecule has 1 aromatic rings. The van der Waals surface area contributed by atoms with Crippen LogP contribution in [0.1, 0.15) is 69.8 Å². The molecule has 0 saturated heterocycles. The molecule has 0 saturated carbocycles. The lowest BCUT2D eigenvalue weighted by Crippen LogP contribution is -2.22. The lowest BCUT2D eigenvalue weighted by Gasteiger charge is -2.07. The number of nitrogens with one attached hydrogen (secondary N) is 1. The average molecular weight is 291 g/mol. The van der Waals surface area contributed by atoms with Crippen LogP contribution in [0.15, 0.2) is 24.3 Å². The summed E-state index contributed by atoms with van der Waals surface area (Å²) in [6.07, 6.45) is 2.54. The zero-order valence-corrected chi connectivity index (χ0v) is 14.0. The highest BCUT2D eigenvalue weighted by molar-refractivity contribution is 5.97. The molecular weight excluding hydrogens is 262 g/mol. The monoisotopic (exact) mass is 291 g/mol. The lowest BCUT2D eigenvalue weighted by molar-refractivity contribution is -0.121. The molecule has 118 valence electrons. The van der Waals surface area contributed by atoms with Crippen molar-refractivity contribution in [1.82, 2.24) is 5.32 Å². The van der Waals surface area contributed by atoms with Crippen LogP contribution in [0.2, 0.25) is 0 Å². The van der Waals surface area contributed by atoms with Gasteiger partial charge in [0.15, 0.2) is 5.78 Å². The van der Waals surface area contributed by atoms with Crippen molar-refractivity contribution < 1.29 is 9.59 Å². The van der Waals surface area contributed by atoms with Gasteiger partial charge in [-0.25, -0.2) is 0 Å². The summed E-state index contributed by atoms with van der Waals surface area (Å²) in [6.45, 7) is 10.4. The molecule has 0 aliphatic rings. The number of unbranched alkanes of at least 4 members (excludes halogenated alkanes) is 1. The predicted molar refractivity (Wildman–Crippen MR) is 88.3 cm³/mol. The summed E-state index contributed by atoms with van der Waals surface area (Å²) in [5.74, 6) is 0.252. The van der Waals surface area contributed by atoms with Crippen LogP contribution >= 0.6 is 0 Å². The third-order valence-corrected chi connectivity index (χ3v) is 3.01. The summed E-state index contributed by atoms with van der Waals surface area (Å²) in [5, 5.41) is 2.88. The molecule has 1 rings (SSSR count). The fourth-order valence-corrected chi connectivity index (χ4v) is 1.75. The van der Waals surface area contributed by atoms with Crippen molar-refractivity contribution in [2.75, 3.05) is 0 Å². The SMILES string of the molecule is CC.CCCCC(=O)NCc1ccc(C(=O)C(C)C)cc1. The normalized spacial score (nSPS) is 9.81. The molecule has 0 atom stereocenters. The molecule has 3 nitrogen and oxygen atoms in total. The van der Waals surface area contributed by atoms with E-state index in [-0.39, 0.29) is 17.6 Å². The zero-order valence-electron chi connectivity index (χ0n) is 14.0. The summed E-state index contributed by atoms with van der Waals surface area (Å²) in [5.41, 5.74) is 1.75. The standard InChI is InChI=1S/C16H23NO2.C2H6/c1-4-5-6-15(18)17-11-13-7-9-14(10-8-13)16(19)12(2)3;1-2/h7-10,12H,4-6,11H2,1-3H3,(H,17,18);1-2H3. The van der Waals surface area contributed by atoms with Crippen molar-refractivity contribution >= 4 is 11.7 Å². The van der Waals surface area contributed by atoms with Gasteiger partial charge in [-0.2, -0.15) is 0 Å². The number of carbonyl (C=O) groups is 2. The van der Waals surface area contributed by atoms with Crippen molar-refractivity contribution in [3.8, 4) is 0 Å². The Hall–Kier alpha value is -1.64. The Morgan fingerprint density at radius 3 is 2.14 bits per heavy atom. The average Bonchev–Trinajstić information content (AvgIpc) is 2.52. The Morgan fingerprint density at radius 1 is 1.10 bits per heavy atom. The second-order valence-corrected chi connectivity index (χ2v) is 5.10. The first-order valence-corrected chi connectivity index (χ1v) is 7.94. The summed E-state index contributed by atoms with van der Waals surface area (Å²) >= 11 is 0. The minimum absolute atomic E-state index is 0.0135. The van der Waals surface area contributed by atoms with E-state index in [1.807, 2.05) is 52.0 Å². The first kappa shape index (κ1) is 19.4. The summed E-state index contributed by atoms with van der Waals surface area (Å²) in [7, 11) is 0. The van der Waals surface area contributed by atoms with Crippen LogP contribution < -0.4 is 5.32 Å². The maximum Gasteiger partial charge on any atom is 0.220 e. The Kier molecular flexibility index (Phi) is 10.2. The van der Waals surface area contributed by atoms with Gasteiger partial charge in [0.2, 0.25) is 5.91 Å². The van der Waals surface area contributed by atoms with Gasteiger partial charge < -0.3 is 5.32 Å². The minimum atomic E-state index is 0.0135. The van der Waals surface area contributed by atoms with Gasteiger partial charge in [-0.15, -0.1) is 0 Å². The van der Waals surface area contributed by atoms with E-state index in [1.165, 1.54) is 0 Å². The molecule has 1 aromatic carbocycles. The van der Waals surface area contributed by atoms with Crippen molar-refractivity contribution in [3.63, 3.8) is 0 Å². The number of amides is 1. The Bertz CT molecular complexity index is 421. The molecule has 1 N–H and O–H groups in total. The largest absolute Gasteiger partial charge is 0.352 e. The van der Waals surface area contributed by atoms with E-state index >= 15 is 0 Å². The third kappa shape index (κ3) is 7.64. The molecule has 0 aliphatic heterocycles. The van der Waals surface area contributed by atoms with Crippen LogP contribution in [-0.4, -0.2) is 11.7 Å². The Morgan fingerprint density at radius 2 is 1.67 bits per heavy atom. The van der Waals surface area contributed by atoms with E-state index in [0.29, 0.717) is 13.0 Å². The molecule has 0 heterocycles. The second kappa shape index (κ2) is 11.1. The number of ketones is 1. The van der Waals surface area contributed by atoms with Gasteiger partial charge >= 0.3 is 0 Å². The third-order valence-electron chi connectivity index (χ3n) is 3.01. The predicted octanol–water partition coefficient (Wildman–Crippen LogP) is 4.36. The van der Waals surface area contributed by atoms with Crippen molar-refractivity contribution in [1.29, 1.82) is 0 Å². The van der Waals surface area contributed by atoms with Gasteiger partial charge in [0.1, 0.15) is 0 Å². The highest BCUT2D eigenvalue weighted by Gasteiger charge is 2.09. The molecule has 21 heavy (non-hydrogen) atoms. The lowest BCUT2D eigenvalue weighted by atomic mass is 10.00.